The van der Waals surface area contributed by atoms with Crippen molar-refractivity contribution in [1.82, 2.24) is 14.7 Å². The zero-order valence-corrected chi connectivity index (χ0v) is 18.9. The smallest absolute Gasteiger partial charge is 0.0894 e. The molecular weight excluding hydrogens is 366 g/mol. The standard InChI is InChI=1S/C13H26N2O2.C10H19NO/c1-5-12(16)9-14(7-3)11-15(8-4)10-13(17)6-2;1-4-7-8-11(6-3)9-10(12)5-2/h7-8,12-13,16-17H,3-6,9-11H2,1-2H3;4,6,10,12H,1,3,5,7-9H2,2H3. The quantitative estimate of drug-likeness (QED) is 0.252. The Morgan fingerprint density at radius 3 is 1.28 bits per heavy atom. The van der Waals surface area contributed by atoms with Crippen LogP contribution in [0.25, 0.3) is 0 Å². The number of aliphatic hydroxyl groups is 3. The molecule has 0 fully saturated rings. The Balaban J connectivity index is 0. The van der Waals surface area contributed by atoms with Crippen LogP contribution in [0.15, 0.2) is 51.0 Å². The van der Waals surface area contributed by atoms with Crippen molar-refractivity contribution >= 4 is 0 Å². The van der Waals surface area contributed by atoms with Gasteiger partial charge in [0.05, 0.1) is 25.0 Å². The summed E-state index contributed by atoms with van der Waals surface area (Å²) in [6.45, 7) is 23.9. The van der Waals surface area contributed by atoms with E-state index in [1.54, 1.807) is 18.6 Å². The summed E-state index contributed by atoms with van der Waals surface area (Å²) in [5, 5.41) is 28.5. The fraction of sp³-hybridized carbons (Fsp3) is 0.652. The van der Waals surface area contributed by atoms with E-state index in [1.807, 2.05) is 41.5 Å². The first kappa shape index (κ1) is 29.4. The van der Waals surface area contributed by atoms with Gasteiger partial charge in [0, 0.05) is 26.2 Å². The van der Waals surface area contributed by atoms with Crippen molar-refractivity contribution in [2.45, 2.75) is 64.8 Å². The molecule has 0 aromatic rings. The van der Waals surface area contributed by atoms with Gasteiger partial charge in [-0.15, -0.1) is 6.58 Å². The first-order chi connectivity index (χ1) is 13.8. The summed E-state index contributed by atoms with van der Waals surface area (Å²) in [7, 11) is 0. The second-order valence-corrected chi connectivity index (χ2v) is 6.99. The minimum atomic E-state index is -0.351. The lowest BCUT2D eigenvalue weighted by Gasteiger charge is -2.30. The second kappa shape index (κ2) is 19.6. The third-order valence-electron chi connectivity index (χ3n) is 4.51. The molecule has 0 rings (SSSR count). The highest BCUT2D eigenvalue weighted by Crippen LogP contribution is 2.03. The summed E-state index contributed by atoms with van der Waals surface area (Å²) in [6, 6.07) is 0. The maximum absolute atomic E-state index is 9.59. The van der Waals surface area contributed by atoms with Crippen LogP contribution < -0.4 is 0 Å². The average molecular weight is 412 g/mol. The van der Waals surface area contributed by atoms with Crippen LogP contribution in [0.4, 0.5) is 0 Å². The molecule has 0 saturated heterocycles. The molecule has 0 amide bonds. The lowest BCUT2D eigenvalue weighted by atomic mass is 10.2. The van der Waals surface area contributed by atoms with Crippen LogP contribution in [-0.4, -0.2) is 81.2 Å². The molecular formula is C23H45N3O3. The van der Waals surface area contributed by atoms with Crippen molar-refractivity contribution in [3.05, 3.63) is 51.0 Å². The van der Waals surface area contributed by atoms with Crippen LogP contribution in [0.2, 0.25) is 0 Å². The molecule has 0 saturated carbocycles. The van der Waals surface area contributed by atoms with E-state index in [-0.39, 0.29) is 18.3 Å². The van der Waals surface area contributed by atoms with Gasteiger partial charge in [0.1, 0.15) is 0 Å². The fourth-order valence-electron chi connectivity index (χ4n) is 2.33. The molecule has 0 aliphatic rings. The molecule has 6 heteroatoms. The van der Waals surface area contributed by atoms with Crippen LogP contribution >= 0.6 is 0 Å². The van der Waals surface area contributed by atoms with Gasteiger partial charge in [-0.25, -0.2) is 0 Å². The van der Waals surface area contributed by atoms with E-state index < -0.39 is 0 Å². The van der Waals surface area contributed by atoms with Crippen LogP contribution in [0, 0.1) is 0 Å². The number of nitrogens with zero attached hydrogens (tertiary/aromatic N) is 3. The summed E-state index contributed by atoms with van der Waals surface area (Å²) < 4.78 is 0. The third kappa shape index (κ3) is 16.9. The summed E-state index contributed by atoms with van der Waals surface area (Å²) in [5.41, 5.74) is 0. The molecule has 0 spiro atoms. The maximum atomic E-state index is 9.59. The molecule has 0 aromatic carbocycles. The number of aliphatic hydroxyl groups excluding tert-OH is 3. The largest absolute Gasteiger partial charge is 0.391 e. The van der Waals surface area contributed by atoms with Crippen LogP contribution in [0.5, 0.6) is 0 Å². The Labute approximate surface area is 179 Å². The van der Waals surface area contributed by atoms with E-state index in [4.69, 9.17) is 0 Å². The first-order valence-corrected chi connectivity index (χ1v) is 10.6. The van der Waals surface area contributed by atoms with Gasteiger partial charge in [-0.2, -0.15) is 0 Å². The highest BCUT2D eigenvalue weighted by Gasteiger charge is 2.11. The average Bonchev–Trinajstić information content (AvgIpc) is 2.75. The molecule has 0 bridgehead atoms. The highest BCUT2D eigenvalue weighted by atomic mass is 16.3. The van der Waals surface area contributed by atoms with Crippen molar-refractivity contribution in [2.75, 3.05) is 32.8 Å². The molecule has 0 heterocycles. The fourth-order valence-corrected chi connectivity index (χ4v) is 2.33. The zero-order valence-electron chi connectivity index (χ0n) is 18.9. The topological polar surface area (TPSA) is 70.4 Å². The minimum absolute atomic E-state index is 0.243. The van der Waals surface area contributed by atoms with Gasteiger partial charge in [-0.05, 0) is 44.3 Å². The Morgan fingerprint density at radius 2 is 1.00 bits per heavy atom. The SMILES string of the molecule is C=CCCN(C=C)CC(O)CC.C=CN(CC(O)CC)CN(C=C)CC(O)CC. The van der Waals surface area contributed by atoms with Crippen molar-refractivity contribution in [2.24, 2.45) is 0 Å². The lowest BCUT2D eigenvalue weighted by Crippen LogP contribution is -2.39. The highest BCUT2D eigenvalue weighted by molar-refractivity contribution is 4.80. The van der Waals surface area contributed by atoms with Crippen molar-refractivity contribution in [1.29, 1.82) is 0 Å². The molecule has 3 N–H and O–H groups in total. The van der Waals surface area contributed by atoms with Gasteiger partial charge in [-0.1, -0.05) is 46.6 Å². The van der Waals surface area contributed by atoms with E-state index in [0.29, 0.717) is 26.3 Å². The Morgan fingerprint density at radius 1 is 0.655 bits per heavy atom. The van der Waals surface area contributed by atoms with Gasteiger partial charge in [0.15, 0.2) is 0 Å². The molecule has 6 nitrogen and oxygen atoms in total. The first-order valence-electron chi connectivity index (χ1n) is 10.6. The molecule has 0 aromatic heterocycles. The maximum Gasteiger partial charge on any atom is 0.0894 e. The van der Waals surface area contributed by atoms with E-state index in [2.05, 4.69) is 26.3 Å². The zero-order chi connectivity index (χ0) is 22.7. The van der Waals surface area contributed by atoms with E-state index >= 15 is 0 Å². The molecule has 0 aliphatic carbocycles. The number of hydrogen-bond acceptors (Lipinski definition) is 6. The monoisotopic (exact) mass is 411 g/mol. The number of rotatable bonds is 17. The van der Waals surface area contributed by atoms with Crippen LogP contribution in [0.1, 0.15) is 46.5 Å². The molecule has 3 atom stereocenters. The summed E-state index contributed by atoms with van der Waals surface area (Å²) in [5.74, 6) is 0. The normalized spacial score (nSPS) is 13.2. The molecule has 0 radical (unpaired) electrons. The predicted octanol–water partition coefficient (Wildman–Crippen LogP) is 3.16. The molecule has 0 aliphatic heterocycles. The van der Waals surface area contributed by atoms with E-state index in [9.17, 15) is 15.3 Å². The number of hydrogen-bond donors (Lipinski definition) is 3. The van der Waals surface area contributed by atoms with Gasteiger partial charge in [0.25, 0.3) is 0 Å². The van der Waals surface area contributed by atoms with Gasteiger partial charge < -0.3 is 30.0 Å². The van der Waals surface area contributed by atoms with Crippen molar-refractivity contribution in [3.8, 4) is 0 Å². The van der Waals surface area contributed by atoms with Crippen molar-refractivity contribution < 1.29 is 15.3 Å². The molecule has 29 heavy (non-hydrogen) atoms. The predicted molar refractivity (Wildman–Crippen MR) is 124 cm³/mol. The van der Waals surface area contributed by atoms with Gasteiger partial charge in [-0.3, -0.25) is 0 Å². The van der Waals surface area contributed by atoms with Gasteiger partial charge in [0.2, 0.25) is 0 Å². The van der Waals surface area contributed by atoms with E-state index in [0.717, 1.165) is 32.2 Å². The van der Waals surface area contributed by atoms with Crippen LogP contribution in [0.3, 0.4) is 0 Å². The van der Waals surface area contributed by atoms with E-state index in [1.165, 1.54) is 0 Å². The Bertz CT molecular complexity index is 410. The Kier molecular flexibility index (Phi) is 19.8. The van der Waals surface area contributed by atoms with Crippen molar-refractivity contribution in [3.63, 3.8) is 0 Å². The lowest BCUT2D eigenvalue weighted by molar-refractivity contribution is 0.0837. The minimum Gasteiger partial charge on any atom is -0.391 e. The molecule has 3 unspecified atom stereocenters. The summed E-state index contributed by atoms with van der Waals surface area (Å²) in [6.07, 6.45) is 9.25. The third-order valence-corrected chi connectivity index (χ3v) is 4.51. The molecule has 170 valence electrons. The van der Waals surface area contributed by atoms with Crippen LogP contribution in [-0.2, 0) is 0 Å². The summed E-state index contributed by atoms with van der Waals surface area (Å²) in [4.78, 5) is 5.84. The summed E-state index contributed by atoms with van der Waals surface area (Å²) >= 11 is 0. The second-order valence-electron chi connectivity index (χ2n) is 6.99. The van der Waals surface area contributed by atoms with Gasteiger partial charge >= 0.3 is 0 Å². The Hall–Kier alpha value is -1.76.